The van der Waals surface area contributed by atoms with E-state index in [1.165, 1.54) is 19.3 Å². The van der Waals surface area contributed by atoms with Crippen molar-refractivity contribution in [3.05, 3.63) is 59.6 Å². The number of benzene rings is 1. The Kier molecular flexibility index (Phi) is 3.38. The summed E-state index contributed by atoms with van der Waals surface area (Å²) in [5.74, 6) is -2.73. The maximum Gasteiger partial charge on any atom is 0.314 e. The van der Waals surface area contributed by atoms with Crippen molar-refractivity contribution in [3.63, 3.8) is 0 Å². The van der Waals surface area contributed by atoms with Gasteiger partial charge in [0, 0.05) is 6.42 Å². The van der Waals surface area contributed by atoms with E-state index >= 15 is 0 Å². The summed E-state index contributed by atoms with van der Waals surface area (Å²) in [6.45, 7) is 1.45. The molecular formula is C14H12F2O3. The third-order valence-corrected chi connectivity index (χ3v) is 3.14. The fraction of sp³-hybridized carbons (Fsp3) is 0.214. The first kappa shape index (κ1) is 13.3. The van der Waals surface area contributed by atoms with E-state index < -0.39 is 23.0 Å². The number of halogens is 2. The zero-order valence-corrected chi connectivity index (χ0v) is 10.2. The lowest BCUT2D eigenvalue weighted by Crippen LogP contribution is -2.34. The van der Waals surface area contributed by atoms with Crippen molar-refractivity contribution in [3.8, 4) is 0 Å². The van der Waals surface area contributed by atoms with Gasteiger partial charge in [-0.3, -0.25) is 4.79 Å². The molecule has 0 fully saturated rings. The average molecular weight is 266 g/mol. The number of rotatable bonds is 4. The Balaban J connectivity index is 2.43. The van der Waals surface area contributed by atoms with Crippen LogP contribution in [0.3, 0.4) is 0 Å². The Bertz CT molecular complexity index is 593. The molecule has 0 amide bonds. The van der Waals surface area contributed by atoms with Crippen LogP contribution in [0.5, 0.6) is 0 Å². The number of furan rings is 1. The number of hydrogen-bond donors (Lipinski definition) is 1. The second-order valence-electron chi connectivity index (χ2n) is 4.52. The zero-order chi connectivity index (χ0) is 14.0. The third-order valence-electron chi connectivity index (χ3n) is 3.14. The molecule has 0 saturated carbocycles. The molecule has 1 unspecified atom stereocenters. The van der Waals surface area contributed by atoms with Gasteiger partial charge >= 0.3 is 5.97 Å². The van der Waals surface area contributed by atoms with E-state index in [9.17, 15) is 18.7 Å². The molecule has 0 saturated heterocycles. The molecule has 2 aromatic rings. The van der Waals surface area contributed by atoms with Gasteiger partial charge in [-0.1, -0.05) is 6.07 Å². The number of hydrogen-bond acceptors (Lipinski definition) is 2. The van der Waals surface area contributed by atoms with Crippen LogP contribution in [-0.2, 0) is 16.6 Å². The lowest BCUT2D eigenvalue weighted by Gasteiger charge is -2.24. The van der Waals surface area contributed by atoms with Crippen LogP contribution in [0, 0.1) is 11.6 Å². The molecule has 3 nitrogen and oxygen atoms in total. The molecule has 0 aliphatic carbocycles. The van der Waals surface area contributed by atoms with Crippen LogP contribution in [0.25, 0.3) is 0 Å². The lowest BCUT2D eigenvalue weighted by atomic mass is 9.79. The van der Waals surface area contributed by atoms with Crippen LogP contribution in [0.15, 0.2) is 41.0 Å². The predicted molar refractivity (Wildman–Crippen MR) is 63.8 cm³/mol. The quantitative estimate of drug-likeness (QED) is 0.924. The molecule has 1 aromatic carbocycles. The molecule has 0 radical (unpaired) electrons. The van der Waals surface area contributed by atoms with Crippen LogP contribution < -0.4 is 0 Å². The predicted octanol–water partition coefficient (Wildman–Crippen LogP) is 3.14. The minimum absolute atomic E-state index is 0.0560. The van der Waals surface area contributed by atoms with Crippen LogP contribution in [-0.4, -0.2) is 11.1 Å². The normalized spacial score (nSPS) is 14.1. The topological polar surface area (TPSA) is 50.4 Å². The molecule has 19 heavy (non-hydrogen) atoms. The van der Waals surface area contributed by atoms with E-state index in [2.05, 4.69) is 0 Å². The van der Waals surface area contributed by atoms with Crippen molar-refractivity contribution >= 4 is 5.97 Å². The van der Waals surface area contributed by atoms with Crippen molar-refractivity contribution in [2.24, 2.45) is 0 Å². The molecule has 2 rings (SSSR count). The molecule has 1 N–H and O–H groups in total. The first-order valence-corrected chi connectivity index (χ1v) is 5.65. The first-order valence-electron chi connectivity index (χ1n) is 5.65. The lowest BCUT2D eigenvalue weighted by molar-refractivity contribution is -0.143. The minimum Gasteiger partial charge on any atom is -0.481 e. The van der Waals surface area contributed by atoms with Gasteiger partial charge in [0.05, 0.1) is 11.7 Å². The summed E-state index contributed by atoms with van der Waals surface area (Å²) in [4.78, 5) is 11.5. The van der Waals surface area contributed by atoms with E-state index in [0.717, 1.165) is 12.1 Å². The third kappa shape index (κ3) is 2.50. The summed E-state index contributed by atoms with van der Waals surface area (Å²) < 4.78 is 31.3. The molecule has 1 aromatic heterocycles. The largest absolute Gasteiger partial charge is 0.481 e. The summed E-state index contributed by atoms with van der Waals surface area (Å²) in [5.41, 5.74) is -1.19. The maximum atomic E-state index is 13.3. The molecule has 1 heterocycles. The Morgan fingerprint density at radius 3 is 2.58 bits per heavy atom. The van der Waals surface area contributed by atoms with Gasteiger partial charge < -0.3 is 9.52 Å². The Morgan fingerprint density at radius 2 is 2.05 bits per heavy atom. The molecule has 5 heteroatoms. The summed E-state index contributed by atoms with van der Waals surface area (Å²) in [6.07, 6.45) is 1.49. The maximum absolute atomic E-state index is 13.3. The number of aliphatic carboxylic acids is 1. The van der Waals surface area contributed by atoms with Crippen LogP contribution >= 0.6 is 0 Å². The van der Waals surface area contributed by atoms with E-state index in [1.54, 1.807) is 12.1 Å². The molecular weight excluding hydrogens is 254 g/mol. The summed E-state index contributed by atoms with van der Waals surface area (Å²) in [6, 6.07) is 6.39. The Hall–Kier alpha value is -2.17. The standard InChI is InChI=1S/C14H12F2O3/c1-14(13(17)18,8-10-3-2-6-19-10)9-4-5-11(15)12(16)7-9/h2-7H,8H2,1H3,(H,17,18). The highest BCUT2D eigenvalue weighted by Crippen LogP contribution is 2.30. The molecule has 0 bridgehead atoms. The van der Waals surface area contributed by atoms with Crippen molar-refractivity contribution in [2.75, 3.05) is 0 Å². The minimum atomic E-state index is -1.38. The van der Waals surface area contributed by atoms with Gasteiger partial charge in [-0.05, 0) is 36.8 Å². The van der Waals surface area contributed by atoms with E-state index in [1.807, 2.05) is 0 Å². The second-order valence-corrected chi connectivity index (χ2v) is 4.52. The van der Waals surface area contributed by atoms with Crippen LogP contribution in [0.4, 0.5) is 8.78 Å². The van der Waals surface area contributed by atoms with Gasteiger partial charge in [0.2, 0.25) is 0 Å². The van der Waals surface area contributed by atoms with Gasteiger partial charge in [0.15, 0.2) is 11.6 Å². The number of carboxylic acids is 1. The summed E-state index contributed by atoms with van der Waals surface area (Å²) in [5, 5.41) is 9.39. The van der Waals surface area contributed by atoms with Crippen molar-refractivity contribution in [1.29, 1.82) is 0 Å². The fourth-order valence-electron chi connectivity index (χ4n) is 1.90. The van der Waals surface area contributed by atoms with Gasteiger partial charge in [-0.15, -0.1) is 0 Å². The highest BCUT2D eigenvalue weighted by molar-refractivity contribution is 5.81. The Morgan fingerprint density at radius 1 is 1.32 bits per heavy atom. The van der Waals surface area contributed by atoms with Gasteiger partial charge in [-0.2, -0.15) is 0 Å². The van der Waals surface area contributed by atoms with Crippen molar-refractivity contribution in [2.45, 2.75) is 18.8 Å². The molecule has 0 aliphatic heterocycles. The molecule has 0 aliphatic rings. The fourth-order valence-corrected chi connectivity index (χ4v) is 1.90. The average Bonchev–Trinajstić information content (AvgIpc) is 2.85. The highest BCUT2D eigenvalue weighted by Gasteiger charge is 2.37. The monoisotopic (exact) mass is 266 g/mol. The van der Waals surface area contributed by atoms with E-state index in [4.69, 9.17) is 4.42 Å². The first-order chi connectivity index (χ1) is 8.93. The van der Waals surface area contributed by atoms with Gasteiger partial charge in [0.1, 0.15) is 5.76 Å². The summed E-state index contributed by atoms with van der Waals surface area (Å²) >= 11 is 0. The highest BCUT2D eigenvalue weighted by atomic mass is 19.2. The van der Waals surface area contributed by atoms with Gasteiger partial charge in [-0.25, -0.2) is 8.78 Å². The summed E-state index contributed by atoms with van der Waals surface area (Å²) in [7, 11) is 0. The van der Waals surface area contributed by atoms with Gasteiger partial charge in [0.25, 0.3) is 0 Å². The SMILES string of the molecule is CC(Cc1ccco1)(C(=O)O)c1ccc(F)c(F)c1. The van der Waals surface area contributed by atoms with E-state index in [0.29, 0.717) is 5.76 Å². The van der Waals surface area contributed by atoms with Crippen LogP contribution in [0.2, 0.25) is 0 Å². The molecule has 1 atom stereocenters. The van der Waals surface area contributed by atoms with Crippen LogP contribution in [0.1, 0.15) is 18.2 Å². The van der Waals surface area contributed by atoms with Crippen molar-refractivity contribution < 1.29 is 23.1 Å². The molecule has 0 spiro atoms. The zero-order valence-electron chi connectivity index (χ0n) is 10.2. The Labute approximate surface area is 108 Å². The number of carbonyl (C=O) groups is 1. The molecule has 100 valence electrons. The van der Waals surface area contributed by atoms with Crippen molar-refractivity contribution in [1.82, 2.24) is 0 Å². The smallest absolute Gasteiger partial charge is 0.314 e. The number of carboxylic acid groups (broad SMARTS) is 1. The second kappa shape index (κ2) is 4.84. The van der Waals surface area contributed by atoms with E-state index in [-0.39, 0.29) is 12.0 Å².